The van der Waals surface area contributed by atoms with Crippen LogP contribution in [0, 0.1) is 0 Å². The van der Waals surface area contributed by atoms with Gasteiger partial charge in [-0.2, -0.15) is 13.2 Å². The normalized spacial score (nSPS) is 13.4. The zero-order chi connectivity index (χ0) is 16.4. The average molecular weight is 319 g/mol. The number of pyridine rings is 1. The van der Waals surface area contributed by atoms with Gasteiger partial charge in [-0.1, -0.05) is 12.1 Å². The van der Waals surface area contributed by atoms with Crippen LogP contribution in [-0.4, -0.2) is 9.97 Å². The molecule has 0 spiro atoms. The summed E-state index contributed by atoms with van der Waals surface area (Å²) < 4.78 is 38.4. The number of benzene rings is 1. The molecule has 1 aromatic carbocycles. The topological polar surface area (TPSA) is 40.7 Å². The van der Waals surface area contributed by atoms with E-state index in [2.05, 4.69) is 15.3 Å². The van der Waals surface area contributed by atoms with Gasteiger partial charge in [0.1, 0.15) is 5.65 Å². The van der Waals surface area contributed by atoms with Gasteiger partial charge in [-0.3, -0.25) is 0 Å². The van der Waals surface area contributed by atoms with Crippen LogP contribution in [0.2, 0.25) is 0 Å². The Morgan fingerprint density at radius 3 is 2.83 bits per heavy atom. The maximum atomic E-state index is 12.8. The summed E-state index contributed by atoms with van der Waals surface area (Å²) in [4.78, 5) is 7.26. The number of halogens is 3. The van der Waals surface area contributed by atoms with Crippen LogP contribution in [0.25, 0.3) is 11.0 Å². The molecule has 2 N–H and O–H groups in total. The highest BCUT2D eigenvalue weighted by atomic mass is 19.4. The Balaban J connectivity index is 1.75. The smallest absolute Gasteiger partial charge is 0.346 e. The highest BCUT2D eigenvalue weighted by molar-refractivity contribution is 5.79. The SMILES string of the molecule is CC(NCc1ccnc2[nH]ccc12)c1cccc(C(F)(F)F)c1. The molecule has 23 heavy (non-hydrogen) atoms. The van der Waals surface area contributed by atoms with Crippen molar-refractivity contribution < 1.29 is 13.2 Å². The number of nitrogens with one attached hydrogen (secondary N) is 2. The van der Waals surface area contributed by atoms with Gasteiger partial charge in [0, 0.05) is 30.4 Å². The summed E-state index contributed by atoms with van der Waals surface area (Å²) in [7, 11) is 0. The van der Waals surface area contributed by atoms with E-state index in [1.807, 2.05) is 25.3 Å². The lowest BCUT2D eigenvalue weighted by Gasteiger charge is -2.16. The molecule has 0 bridgehead atoms. The highest BCUT2D eigenvalue weighted by Gasteiger charge is 2.30. The molecule has 0 aliphatic rings. The summed E-state index contributed by atoms with van der Waals surface area (Å²) in [6, 6.07) is 9.06. The third-order valence-corrected chi connectivity index (χ3v) is 3.86. The quantitative estimate of drug-likeness (QED) is 0.747. The summed E-state index contributed by atoms with van der Waals surface area (Å²) in [5, 5.41) is 4.28. The van der Waals surface area contributed by atoms with Gasteiger partial charge in [-0.25, -0.2) is 4.98 Å². The maximum Gasteiger partial charge on any atom is 0.416 e. The van der Waals surface area contributed by atoms with Gasteiger partial charge in [-0.05, 0) is 42.3 Å². The minimum absolute atomic E-state index is 0.195. The molecule has 0 amide bonds. The second-order valence-electron chi connectivity index (χ2n) is 5.44. The number of aromatic amines is 1. The molecule has 120 valence electrons. The Bertz CT molecular complexity index is 808. The zero-order valence-electron chi connectivity index (χ0n) is 12.5. The molecule has 0 saturated heterocycles. The molecule has 3 nitrogen and oxygen atoms in total. The summed E-state index contributed by atoms with van der Waals surface area (Å²) in [5.41, 5.74) is 1.84. The molecule has 0 radical (unpaired) electrons. The van der Waals surface area contributed by atoms with E-state index in [1.54, 1.807) is 12.3 Å². The first-order chi connectivity index (χ1) is 10.9. The molecule has 0 aliphatic carbocycles. The van der Waals surface area contributed by atoms with E-state index in [9.17, 15) is 13.2 Å². The van der Waals surface area contributed by atoms with Crippen LogP contribution in [0.15, 0.2) is 48.8 Å². The van der Waals surface area contributed by atoms with Gasteiger partial charge in [0.15, 0.2) is 0 Å². The molecular weight excluding hydrogens is 303 g/mol. The van der Waals surface area contributed by atoms with E-state index < -0.39 is 11.7 Å². The van der Waals surface area contributed by atoms with E-state index in [4.69, 9.17) is 0 Å². The number of rotatable bonds is 4. The van der Waals surface area contributed by atoms with Crippen molar-refractivity contribution in [2.24, 2.45) is 0 Å². The number of aromatic nitrogens is 2. The number of hydrogen-bond donors (Lipinski definition) is 2. The van der Waals surface area contributed by atoms with Crippen molar-refractivity contribution >= 4 is 11.0 Å². The number of nitrogens with zero attached hydrogens (tertiary/aromatic N) is 1. The number of alkyl halides is 3. The van der Waals surface area contributed by atoms with Gasteiger partial charge in [0.05, 0.1) is 5.56 Å². The van der Waals surface area contributed by atoms with Gasteiger partial charge >= 0.3 is 6.18 Å². The lowest BCUT2D eigenvalue weighted by molar-refractivity contribution is -0.137. The fourth-order valence-electron chi connectivity index (χ4n) is 2.54. The van der Waals surface area contributed by atoms with Crippen LogP contribution in [0.5, 0.6) is 0 Å². The lowest BCUT2D eigenvalue weighted by atomic mass is 10.0. The largest absolute Gasteiger partial charge is 0.416 e. The summed E-state index contributed by atoms with van der Waals surface area (Å²) in [5.74, 6) is 0. The van der Waals surface area contributed by atoms with E-state index in [-0.39, 0.29) is 6.04 Å². The monoisotopic (exact) mass is 319 g/mol. The minimum Gasteiger partial charge on any atom is -0.346 e. The predicted molar refractivity (Wildman–Crippen MR) is 82.8 cm³/mol. The van der Waals surface area contributed by atoms with Crippen molar-refractivity contribution in [2.45, 2.75) is 25.7 Å². The third kappa shape index (κ3) is 3.37. The van der Waals surface area contributed by atoms with Crippen molar-refractivity contribution in [3.05, 3.63) is 65.5 Å². The first kappa shape index (κ1) is 15.6. The Morgan fingerprint density at radius 2 is 2.04 bits per heavy atom. The first-order valence-electron chi connectivity index (χ1n) is 7.26. The van der Waals surface area contributed by atoms with E-state index >= 15 is 0 Å². The van der Waals surface area contributed by atoms with Crippen LogP contribution in [-0.2, 0) is 12.7 Å². The minimum atomic E-state index is -4.32. The Kier molecular flexibility index (Phi) is 4.09. The maximum absolute atomic E-state index is 12.8. The fraction of sp³-hybridized carbons (Fsp3) is 0.235. The second kappa shape index (κ2) is 6.04. The molecule has 1 unspecified atom stereocenters. The molecule has 0 aliphatic heterocycles. The summed E-state index contributed by atoms with van der Waals surface area (Å²) in [6.07, 6.45) is -0.791. The highest BCUT2D eigenvalue weighted by Crippen LogP contribution is 2.30. The molecular formula is C17H16F3N3. The van der Waals surface area contributed by atoms with Crippen LogP contribution in [0.3, 0.4) is 0 Å². The lowest BCUT2D eigenvalue weighted by Crippen LogP contribution is -2.19. The van der Waals surface area contributed by atoms with E-state index in [0.29, 0.717) is 12.1 Å². The summed E-state index contributed by atoms with van der Waals surface area (Å²) in [6.45, 7) is 2.40. The third-order valence-electron chi connectivity index (χ3n) is 3.86. The van der Waals surface area contributed by atoms with E-state index in [1.165, 1.54) is 12.1 Å². The van der Waals surface area contributed by atoms with Gasteiger partial charge < -0.3 is 10.3 Å². The van der Waals surface area contributed by atoms with Crippen molar-refractivity contribution in [2.75, 3.05) is 0 Å². The van der Waals surface area contributed by atoms with Gasteiger partial charge in [0.2, 0.25) is 0 Å². The fourth-order valence-corrected chi connectivity index (χ4v) is 2.54. The second-order valence-corrected chi connectivity index (χ2v) is 5.44. The molecule has 6 heteroatoms. The molecule has 2 heterocycles. The van der Waals surface area contributed by atoms with Crippen LogP contribution >= 0.6 is 0 Å². The Labute approximate surface area is 131 Å². The summed E-state index contributed by atoms with van der Waals surface area (Å²) >= 11 is 0. The van der Waals surface area contributed by atoms with Gasteiger partial charge in [-0.15, -0.1) is 0 Å². The predicted octanol–water partition coefficient (Wildman–Crippen LogP) is 4.43. The van der Waals surface area contributed by atoms with Crippen LogP contribution < -0.4 is 5.32 Å². The molecule has 1 atom stereocenters. The van der Waals surface area contributed by atoms with Crippen molar-refractivity contribution in [1.82, 2.24) is 15.3 Å². The van der Waals surface area contributed by atoms with Crippen molar-refractivity contribution in [3.63, 3.8) is 0 Å². The average Bonchev–Trinajstić information content (AvgIpc) is 3.01. The Hall–Kier alpha value is -2.34. The molecule has 3 rings (SSSR count). The van der Waals surface area contributed by atoms with Gasteiger partial charge in [0.25, 0.3) is 0 Å². The molecule has 3 aromatic rings. The standard InChI is InChI=1S/C17H16F3N3/c1-11(12-3-2-4-14(9-12)17(18,19)20)23-10-13-5-7-21-16-15(13)6-8-22-16/h2-9,11,23H,10H2,1H3,(H,21,22). The zero-order valence-corrected chi connectivity index (χ0v) is 12.5. The van der Waals surface area contributed by atoms with Crippen molar-refractivity contribution in [1.29, 1.82) is 0 Å². The molecule has 0 fully saturated rings. The van der Waals surface area contributed by atoms with Crippen LogP contribution in [0.4, 0.5) is 13.2 Å². The van der Waals surface area contributed by atoms with Crippen molar-refractivity contribution in [3.8, 4) is 0 Å². The first-order valence-corrected chi connectivity index (χ1v) is 7.26. The van der Waals surface area contributed by atoms with E-state index in [0.717, 1.165) is 22.7 Å². The Morgan fingerprint density at radius 1 is 1.22 bits per heavy atom. The number of H-pyrrole nitrogens is 1. The molecule has 2 aromatic heterocycles. The number of fused-ring (bicyclic) bond motifs is 1. The molecule has 0 saturated carbocycles. The van der Waals surface area contributed by atoms with Crippen LogP contribution in [0.1, 0.15) is 29.7 Å². The number of hydrogen-bond acceptors (Lipinski definition) is 2.